The summed E-state index contributed by atoms with van der Waals surface area (Å²) in [5, 5.41) is 6.84. The maximum absolute atomic E-state index is 12.3. The minimum atomic E-state index is -2.96. The second kappa shape index (κ2) is 6.24. The van der Waals surface area contributed by atoms with E-state index in [0.29, 0.717) is 24.7 Å². The summed E-state index contributed by atoms with van der Waals surface area (Å²) in [6, 6.07) is 1.73. The van der Waals surface area contributed by atoms with Gasteiger partial charge in [0.1, 0.15) is 15.6 Å². The van der Waals surface area contributed by atoms with Crippen molar-refractivity contribution in [2.45, 2.75) is 31.7 Å². The van der Waals surface area contributed by atoms with Gasteiger partial charge in [-0.1, -0.05) is 12.1 Å². The van der Waals surface area contributed by atoms with Crippen LogP contribution in [0.15, 0.2) is 10.6 Å². The van der Waals surface area contributed by atoms with Crippen molar-refractivity contribution < 1.29 is 17.7 Å². The van der Waals surface area contributed by atoms with Crippen LogP contribution in [0.5, 0.6) is 0 Å². The average molecular weight is 341 g/mol. The average Bonchev–Trinajstić information content (AvgIpc) is 3.08. The van der Waals surface area contributed by atoms with E-state index in [1.807, 2.05) is 0 Å². The number of aromatic nitrogens is 1. The molecule has 0 radical (unpaired) electrons. The van der Waals surface area contributed by atoms with E-state index in [-0.39, 0.29) is 23.6 Å². The summed E-state index contributed by atoms with van der Waals surface area (Å²) in [5.41, 5.74) is 0.327. The van der Waals surface area contributed by atoms with Crippen LogP contribution >= 0.6 is 0 Å². The van der Waals surface area contributed by atoms with Crippen molar-refractivity contribution in [3.8, 4) is 0 Å². The van der Waals surface area contributed by atoms with Gasteiger partial charge in [-0.2, -0.15) is 0 Å². The summed E-state index contributed by atoms with van der Waals surface area (Å²) in [4.78, 5) is 14.4. The molecule has 2 fully saturated rings. The summed E-state index contributed by atoms with van der Waals surface area (Å²) in [6.45, 7) is 4.01. The molecule has 0 spiro atoms. The van der Waals surface area contributed by atoms with Crippen LogP contribution in [0, 0.1) is 5.92 Å². The largest absolute Gasteiger partial charge is 0.360 e. The van der Waals surface area contributed by atoms with Crippen LogP contribution in [0.3, 0.4) is 0 Å². The third-order valence-electron chi connectivity index (χ3n) is 4.52. The molecule has 7 nitrogen and oxygen atoms in total. The molecular weight excluding hydrogens is 318 g/mol. The Hall–Kier alpha value is -1.41. The Morgan fingerprint density at radius 1 is 1.43 bits per heavy atom. The van der Waals surface area contributed by atoms with Gasteiger partial charge in [0.05, 0.1) is 5.75 Å². The molecule has 1 amide bonds. The number of hydrogen-bond donors (Lipinski definition) is 1. The second-order valence-electron chi connectivity index (χ2n) is 6.84. The lowest BCUT2D eigenvalue weighted by Crippen LogP contribution is -2.40. The number of likely N-dealkylation sites (tertiary alicyclic amines) is 1. The quantitative estimate of drug-likeness (QED) is 0.816. The van der Waals surface area contributed by atoms with Crippen molar-refractivity contribution in [2.75, 3.05) is 31.6 Å². The predicted octanol–water partition coefficient (Wildman–Crippen LogP) is 0.647. The highest BCUT2D eigenvalue weighted by molar-refractivity contribution is 7.90. The summed E-state index contributed by atoms with van der Waals surface area (Å²) in [7, 11) is -2.96. The minimum Gasteiger partial charge on any atom is -0.360 e. The van der Waals surface area contributed by atoms with E-state index in [9.17, 15) is 13.2 Å². The number of nitrogens with zero attached hydrogens (tertiary/aromatic N) is 2. The molecule has 0 unspecified atom stereocenters. The van der Waals surface area contributed by atoms with Crippen LogP contribution < -0.4 is 5.32 Å². The van der Waals surface area contributed by atoms with Gasteiger partial charge in [0.2, 0.25) is 0 Å². The highest BCUT2D eigenvalue weighted by atomic mass is 32.2. The highest BCUT2D eigenvalue weighted by Crippen LogP contribution is 2.40. The number of rotatable bonds is 6. The second-order valence-corrected chi connectivity index (χ2v) is 9.10. The first-order valence-corrected chi connectivity index (χ1v) is 10.1. The zero-order valence-corrected chi connectivity index (χ0v) is 14.3. The maximum atomic E-state index is 12.3. The van der Waals surface area contributed by atoms with Crippen molar-refractivity contribution in [1.82, 2.24) is 15.4 Å². The van der Waals surface area contributed by atoms with Crippen LogP contribution in [-0.2, 0) is 9.84 Å². The summed E-state index contributed by atoms with van der Waals surface area (Å²) < 4.78 is 27.7. The molecule has 23 heavy (non-hydrogen) atoms. The Morgan fingerprint density at radius 3 is 2.83 bits per heavy atom. The van der Waals surface area contributed by atoms with Gasteiger partial charge in [0.15, 0.2) is 5.69 Å². The van der Waals surface area contributed by atoms with Crippen molar-refractivity contribution in [3.63, 3.8) is 0 Å². The third-order valence-corrected chi connectivity index (χ3v) is 5.45. The van der Waals surface area contributed by atoms with Gasteiger partial charge >= 0.3 is 0 Å². The molecule has 2 heterocycles. The van der Waals surface area contributed by atoms with E-state index in [4.69, 9.17) is 4.52 Å². The lowest BCUT2D eigenvalue weighted by atomic mass is 10.1. The zero-order valence-electron chi connectivity index (χ0n) is 13.5. The molecule has 2 aliphatic rings. The maximum Gasteiger partial charge on any atom is 0.273 e. The lowest BCUT2D eigenvalue weighted by molar-refractivity contribution is 0.0922. The Bertz CT molecular complexity index is 681. The van der Waals surface area contributed by atoms with Crippen molar-refractivity contribution in [2.24, 2.45) is 5.92 Å². The number of amides is 1. The minimum absolute atomic E-state index is 0.00290. The smallest absolute Gasteiger partial charge is 0.273 e. The van der Waals surface area contributed by atoms with Crippen LogP contribution in [0.4, 0.5) is 0 Å². The zero-order chi connectivity index (χ0) is 16.6. The van der Waals surface area contributed by atoms with Crippen LogP contribution in [0.2, 0.25) is 0 Å². The van der Waals surface area contributed by atoms with E-state index in [1.54, 1.807) is 6.07 Å². The SMILES string of the molecule is C[C@H]1CN(CCS(C)(=O)=O)C[C@H]1NC(=O)c1cc(C2CC2)on1. The monoisotopic (exact) mass is 341 g/mol. The van der Waals surface area contributed by atoms with E-state index < -0.39 is 9.84 Å². The van der Waals surface area contributed by atoms with Crippen LogP contribution in [-0.4, -0.2) is 62.1 Å². The standard InChI is InChI=1S/C15H23N3O4S/c1-10-8-18(5-6-23(2,20)21)9-13(10)16-15(19)12-7-14(22-17-12)11-3-4-11/h7,10-11,13H,3-6,8-9H2,1-2H3,(H,16,19)/t10-,13+/m0/s1. The molecule has 1 aliphatic carbocycles. The third kappa shape index (κ3) is 4.32. The first-order chi connectivity index (χ1) is 10.8. The van der Waals surface area contributed by atoms with Gasteiger partial charge < -0.3 is 9.84 Å². The Kier molecular flexibility index (Phi) is 4.46. The summed E-state index contributed by atoms with van der Waals surface area (Å²) in [5.74, 6) is 1.43. The van der Waals surface area contributed by atoms with E-state index in [1.165, 1.54) is 6.26 Å². The Labute approximate surface area is 136 Å². The van der Waals surface area contributed by atoms with Crippen molar-refractivity contribution >= 4 is 15.7 Å². The van der Waals surface area contributed by atoms with Gasteiger partial charge in [-0.3, -0.25) is 9.69 Å². The fourth-order valence-electron chi connectivity index (χ4n) is 2.93. The van der Waals surface area contributed by atoms with E-state index in [0.717, 1.165) is 25.1 Å². The summed E-state index contributed by atoms with van der Waals surface area (Å²) in [6.07, 6.45) is 3.45. The number of carbonyl (C=O) groups is 1. The molecule has 1 aliphatic heterocycles. The van der Waals surface area contributed by atoms with E-state index in [2.05, 4.69) is 22.3 Å². The molecule has 2 atom stereocenters. The fourth-order valence-corrected chi connectivity index (χ4v) is 3.52. The van der Waals surface area contributed by atoms with Gasteiger partial charge in [-0.05, 0) is 18.8 Å². The van der Waals surface area contributed by atoms with Gasteiger partial charge in [-0.25, -0.2) is 8.42 Å². The van der Waals surface area contributed by atoms with Gasteiger partial charge in [0, 0.05) is 43.9 Å². The predicted molar refractivity (Wildman–Crippen MR) is 85.0 cm³/mol. The van der Waals surface area contributed by atoms with Gasteiger partial charge in [0.25, 0.3) is 5.91 Å². The number of hydrogen-bond acceptors (Lipinski definition) is 6. The highest BCUT2D eigenvalue weighted by Gasteiger charge is 2.33. The van der Waals surface area contributed by atoms with Gasteiger partial charge in [-0.15, -0.1) is 0 Å². The fraction of sp³-hybridized carbons (Fsp3) is 0.733. The molecule has 1 saturated heterocycles. The topological polar surface area (TPSA) is 92.5 Å². The molecule has 8 heteroatoms. The molecule has 128 valence electrons. The van der Waals surface area contributed by atoms with Crippen molar-refractivity contribution in [3.05, 3.63) is 17.5 Å². The van der Waals surface area contributed by atoms with E-state index >= 15 is 0 Å². The molecule has 1 saturated carbocycles. The van der Waals surface area contributed by atoms with Crippen molar-refractivity contribution in [1.29, 1.82) is 0 Å². The number of nitrogens with one attached hydrogen (secondary N) is 1. The number of sulfone groups is 1. The molecular formula is C15H23N3O4S. The molecule has 1 aromatic rings. The lowest BCUT2D eigenvalue weighted by Gasteiger charge is -2.16. The first-order valence-electron chi connectivity index (χ1n) is 7.99. The van der Waals surface area contributed by atoms with Crippen LogP contribution in [0.25, 0.3) is 0 Å². The van der Waals surface area contributed by atoms with Crippen LogP contribution in [0.1, 0.15) is 41.9 Å². The Balaban J connectivity index is 1.53. The molecule has 0 bridgehead atoms. The summed E-state index contributed by atoms with van der Waals surface area (Å²) >= 11 is 0. The normalized spacial score (nSPS) is 25.7. The molecule has 0 aromatic carbocycles. The number of carbonyl (C=O) groups excluding carboxylic acids is 1. The first kappa shape index (κ1) is 16.4. The molecule has 1 aromatic heterocycles. The molecule has 3 rings (SSSR count). The molecule has 1 N–H and O–H groups in total. The Morgan fingerprint density at radius 2 is 2.17 bits per heavy atom.